The van der Waals surface area contributed by atoms with Crippen molar-refractivity contribution < 1.29 is 4.42 Å². The summed E-state index contributed by atoms with van der Waals surface area (Å²) in [5, 5.41) is 9.13. The maximum atomic E-state index is 6.59. The average molecular weight is 741 g/mol. The number of fused-ring (bicyclic) bond motifs is 8. The van der Waals surface area contributed by atoms with Crippen molar-refractivity contribution in [2.45, 2.75) is 0 Å². The van der Waals surface area contributed by atoms with Gasteiger partial charge in [-0.05, 0) is 75.1 Å². The van der Waals surface area contributed by atoms with E-state index in [1.807, 2.05) is 42.5 Å². The van der Waals surface area contributed by atoms with Gasteiger partial charge in [-0.3, -0.25) is 0 Å². The van der Waals surface area contributed by atoms with Crippen LogP contribution in [0.3, 0.4) is 0 Å². The molecule has 12 rings (SSSR count). The summed E-state index contributed by atoms with van der Waals surface area (Å²) in [5.74, 6) is 1.82. The Morgan fingerprint density at radius 1 is 0.362 bits per heavy atom. The third-order valence-corrected chi connectivity index (χ3v) is 11.4. The third kappa shape index (κ3) is 5.07. The van der Waals surface area contributed by atoms with Crippen LogP contribution in [-0.4, -0.2) is 19.5 Å². The molecule has 5 heteroatoms. The second-order valence-corrected chi connectivity index (χ2v) is 14.8. The van der Waals surface area contributed by atoms with Crippen molar-refractivity contribution in [1.29, 1.82) is 0 Å². The first kappa shape index (κ1) is 32.4. The standard InChI is InChI=1S/C53H32N4O/c1-3-15-34(16-4-1)48-40-21-10-9-20-37(40)31-45-50(48)41-22-11-12-24-44(41)57(45)39-28-29-46-43(32-39)49-42(23-13-25-47(49)58-46)53-55-51(35-17-5-2-6-18-35)54-52(56-53)38-27-26-33-14-7-8-19-36(33)30-38/h1-32H. The van der Waals surface area contributed by atoms with E-state index in [4.69, 9.17) is 19.4 Å². The molecule has 5 nitrogen and oxygen atoms in total. The monoisotopic (exact) mass is 740 g/mol. The van der Waals surface area contributed by atoms with Gasteiger partial charge in [-0.15, -0.1) is 0 Å². The van der Waals surface area contributed by atoms with Crippen LogP contribution < -0.4 is 0 Å². The summed E-state index contributed by atoms with van der Waals surface area (Å²) in [7, 11) is 0. The average Bonchev–Trinajstić information content (AvgIpc) is 3.83. The van der Waals surface area contributed by atoms with Gasteiger partial charge < -0.3 is 8.98 Å². The molecule has 0 bridgehead atoms. The maximum absolute atomic E-state index is 6.59. The molecule has 0 atom stereocenters. The SMILES string of the molecule is c1ccc(-c2nc(-c3ccc4ccccc4c3)nc(-c3cccc4oc5ccc(-n6c7ccccc7c7c(-c8ccccc8)c8ccccc8cc76)cc5c34)n2)cc1. The quantitative estimate of drug-likeness (QED) is 0.176. The van der Waals surface area contributed by atoms with Gasteiger partial charge in [0, 0.05) is 43.9 Å². The molecule has 0 aliphatic rings. The van der Waals surface area contributed by atoms with Crippen LogP contribution in [0.1, 0.15) is 0 Å². The fourth-order valence-electron chi connectivity index (χ4n) is 8.78. The van der Waals surface area contributed by atoms with Crippen molar-refractivity contribution in [1.82, 2.24) is 19.5 Å². The summed E-state index contributed by atoms with van der Waals surface area (Å²) >= 11 is 0. The first-order chi connectivity index (χ1) is 28.7. The molecule has 58 heavy (non-hydrogen) atoms. The van der Waals surface area contributed by atoms with Gasteiger partial charge in [0.05, 0.1) is 11.0 Å². The Kier molecular flexibility index (Phi) is 7.16. The predicted octanol–water partition coefficient (Wildman–Crippen LogP) is 13.8. The molecule has 3 aromatic heterocycles. The molecule has 0 fully saturated rings. The highest BCUT2D eigenvalue weighted by atomic mass is 16.3. The first-order valence-electron chi connectivity index (χ1n) is 19.5. The lowest BCUT2D eigenvalue weighted by molar-refractivity contribution is 0.669. The highest BCUT2D eigenvalue weighted by molar-refractivity contribution is 6.23. The molecular weight excluding hydrogens is 709 g/mol. The van der Waals surface area contributed by atoms with Crippen molar-refractivity contribution in [2.75, 3.05) is 0 Å². The lowest BCUT2D eigenvalue weighted by Gasteiger charge is -2.12. The molecule has 12 aromatic rings. The maximum Gasteiger partial charge on any atom is 0.164 e. The van der Waals surface area contributed by atoms with E-state index in [1.54, 1.807) is 0 Å². The number of nitrogens with zero attached hydrogens (tertiary/aromatic N) is 4. The van der Waals surface area contributed by atoms with Crippen LogP contribution in [-0.2, 0) is 0 Å². The van der Waals surface area contributed by atoms with Gasteiger partial charge in [-0.2, -0.15) is 0 Å². The van der Waals surface area contributed by atoms with Crippen LogP contribution in [0.2, 0.25) is 0 Å². The molecule has 0 aliphatic carbocycles. The Morgan fingerprint density at radius 2 is 1.03 bits per heavy atom. The molecule has 3 heterocycles. The van der Waals surface area contributed by atoms with Crippen LogP contribution in [0, 0.1) is 0 Å². The van der Waals surface area contributed by atoms with Gasteiger partial charge in [0.15, 0.2) is 17.5 Å². The van der Waals surface area contributed by atoms with Crippen LogP contribution in [0.25, 0.3) is 116 Å². The number of para-hydroxylation sites is 1. The van der Waals surface area contributed by atoms with Gasteiger partial charge in [0.2, 0.25) is 0 Å². The van der Waals surface area contributed by atoms with Gasteiger partial charge >= 0.3 is 0 Å². The second-order valence-electron chi connectivity index (χ2n) is 14.8. The molecule has 270 valence electrons. The van der Waals surface area contributed by atoms with Gasteiger partial charge in [-0.1, -0.05) is 152 Å². The topological polar surface area (TPSA) is 56.7 Å². The minimum atomic E-state index is 0.589. The van der Waals surface area contributed by atoms with E-state index in [1.165, 1.54) is 38.1 Å². The van der Waals surface area contributed by atoms with E-state index in [0.717, 1.165) is 60.7 Å². The number of hydrogen-bond donors (Lipinski definition) is 0. The molecule has 0 N–H and O–H groups in total. The summed E-state index contributed by atoms with van der Waals surface area (Å²) < 4.78 is 9.00. The second kappa shape index (κ2) is 12.8. The molecule has 0 spiro atoms. The molecular formula is C53H32N4O. The molecule has 0 radical (unpaired) electrons. The van der Waals surface area contributed by atoms with E-state index in [-0.39, 0.29) is 0 Å². The van der Waals surface area contributed by atoms with Crippen molar-refractivity contribution >= 4 is 65.3 Å². The largest absolute Gasteiger partial charge is 0.456 e. The number of hydrogen-bond acceptors (Lipinski definition) is 4. The number of furan rings is 1. The number of rotatable bonds is 5. The van der Waals surface area contributed by atoms with E-state index in [2.05, 4.69) is 156 Å². The van der Waals surface area contributed by atoms with E-state index < -0.39 is 0 Å². The zero-order chi connectivity index (χ0) is 38.2. The Hall–Kier alpha value is -7.89. The zero-order valence-electron chi connectivity index (χ0n) is 31.2. The van der Waals surface area contributed by atoms with Crippen molar-refractivity contribution in [3.63, 3.8) is 0 Å². The summed E-state index contributed by atoms with van der Waals surface area (Å²) in [6.07, 6.45) is 0. The fourth-order valence-corrected chi connectivity index (χ4v) is 8.78. The summed E-state index contributed by atoms with van der Waals surface area (Å²) in [6.45, 7) is 0. The lowest BCUT2D eigenvalue weighted by atomic mass is 9.93. The Morgan fingerprint density at radius 3 is 1.86 bits per heavy atom. The summed E-state index contributed by atoms with van der Waals surface area (Å²) in [4.78, 5) is 15.4. The Bertz CT molecular complexity index is 3570. The van der Waals surface area contributed by atoms with Gasteiger partial charge in [0.1, 0.15) is 11.2 Å². The van der Waals surface area contributed by atoms with Crippen LogP contribution >= 0.6 is 0 Å². The molecule has 9 aromatic carbocycles. The Balaban J connectivity index is 1.11. The first-order valence-corrected chi connectivity index (χ1v) is 19.5. The van der Waals surface area contributed by atoms with E-state index >= 15 is 0 Å². The zero-order valence-corrected chi connectivity index (χ0v) is 31.2. The van der Waals surface area contributed by atoms with Crippen LogP contribution in [0.15, 0.2) is 199 Å². The smallest absolute Gasteiger partial charge is 0.164 e. The van der Waals surface area contributed by atoms with Crippen LogP contribution in [0.4, 0.5) is 0 Å². The molecule has 0 saturated carbocycles. The molecule has 0 saturated heterocycles. The van der Waals surface area contributed by atoms with E-state index in [9.17, 15) is 0 Å². The molecule has 0 unspecified atom stereocenters. The lowest BCUT2D eigenvalue weighted by Crippen LogP contribution is -2.00. The van der Waals surface area contributed by atoms with Crippen LogP contribution in [0.5, 0.6) is 0 Å². The van der Waals surface area contributed by atoms with Crippen molar-refractivity contribution in [3.05, 3.63) is 194 Å². The summed E-state index contributed by atoms with van der Waals surface area (Å²) in [6, 6.07) is 68.1. The molecule has 0 aliphatic heterocycles. The third-order valence-electron chi connectivity index (χ3n) is 11.4. The van der Waals surface area contributed by atoms with Crippen molar-refractivity contribution in [3.8, 4) is 51.0 Å². The van der Waals surface area contributed by atoms with Gasteiger partial charge in [0.25, 0.3) is 0 Å². The number of benzene rings is 9. The highest BCUT2D eigenvalue weighted by Gasteiger charge is 2.22. The summed E-state index contributed by atoms with van der Waals surface area (Å²) in [5.41, 5.74) is 10.1. The molecule has 0 amide bonds. The normalized spacial score (nSPS) is 11.8. The fraction of sp³-hybridized carbons (Fsp3) is 0. The van der Waals surface area contributed by atoms with Crippen molar-refractivity contribution in [2.24, 2.45) is 0 Å². The van der Waals surface area contributed by atoms with Gasteiger partial charge in [-0.25, -0.2) is 15.0 Å². The minimum Gasteiger partial charge on any atom is -0.456 e. The minimum absolute atomic E-state index is 0.589. The number of aromatic nitrogens is 4. The Labute approximate surface area is 333 Å². The highest BCUT2D eigenvalue weighted by Crippen LogP contribution is 2.44. The predicted molar refractivity (Wildman–Crippen MR) is 238 cm³/mol. The van der Waals surface area contributed by atoms with E-state index in [0.29, 0.717) is 17.5 Å².